The minimum absolute atomic E-state index is 0.296. The van der Waals surface area contributed by atoms with E-state index in [1.807, 2.05) is 24.6 Å². The van der Waals surface area contributed by atoms with Crippen LogP contribution in [0.2, 0.25) is 5.02 Å². The van der Waals surface area contributed by atoms with Gasteiger partial charge in [-0.2, -0.15) is 0 Å². The minimum Gasteiger partial charge on any atom is -0.449 e. The Labute approximate surface area is 127 Å². The molecule has 0 radical (unpaired) electrons. The molecule has 0 aliphatic rings. The van der Waals surface area contributed by atoms with E-state index < -0.39 is 6.09 Å². The Morgan fingerprint density at radius 2 is 2.19 bits per heavy atom. The van der Waals surface area contributed by atoms with Crippen molar-refractivity contribution >= 4 is 34.9 Å². The molecule has 1 amide bonds. The Morgan fingerprint density at radius 1 is 1.43 bits per heavy atom. The Morgan fingerprint density at radius 3 is 2.86 bits per heavy atom. The zero-order valence-electron chi connectivity index (χ0n) is 12.0. The fraction of sp³-hybridized carbons (Fsp3) is 0.333. The Bertz CT molecular complexity index is 679. The zero-order chi connectivity index (χ0) is 15.4. The first-order valence-electron chi connectivity index (χ1n) is 6.70. The van der Waals surface area contributed by atoms with E-state index >= 15 is 0 Å². The summed E-state index contributed by atoms with van der Waals surface area (Å²) in [6.07, 6.45) is 0.922. The lowest BCUT2D eigenvalue weighted by Gasteiger charge is -2.06. The number of amides is 1. The molecule has 2 rings (SSSR count). The van der Waals surface area contributed by atoms with Crippen molar-refractivity contribution in [3.8, 4) is 0 Å². The number of aldehydes is 1. The van der Waals surface area contributed by atoms with Gasteiger partial charge in [-0.15, -0.1) is 0 Å². The van der Waals surface area contributed by atoms with Crippen molar-refractivity contribution in [3.05, 3.63) is 34.5 Å². The molecule has 1 N–H and O–H groups in total. The van der Waals surface area contributed by atoms with Gasteiger partial charge < -0.3 is 14.6 Å². The summed E-state index contributed by atoms with van der Waals surface area (Å²) in [6.45, 7) is 2.67. The lowest BCUT2D eigenvalue weighted by Crippen LogP contribution is -2.24. The summed E-state index contributed by atoms with van der Waals surface area (Å²) in [5, 5.41) is 3.95. The van der Waals surface area contributed by atoms with Crippen molar-refractivity contribution in [1.29, 1.82) is 0 Å². The lowest BCUT2D eigenvalue weighted by atomic mass is 10.1. The third-order valence-electron chi connectivity index (χ3n) is 3.30. The molecule has 6 heteroatoms. The van der Waals surface area contributed by atoms with E-state index in [0.717, 1.165) is 22.9 Å². The predicted molar refractivity (Wildman–Crippen MR) is 82.0 cm³/mol. The highest BCUT2D eigenvalue weighted by molar-refractivity contribution is 6.33. The van der Waals surface area contributed by atoms with E-state index in [0.29, 0.717) is 30.2 Å². The molecule has 1 aromatic heterocycles. The first kappa shape index (κ1) is 15.4. The predicted octanol–water partition coefficient (Wildman–Crippen LogP) is 2.93. The minimum atomic E-state index is -0.414. The molecule has 0 spiro atoms. The quantitative estimate of drug-likeness (QED) is 0.864. The molecular formula is C15H17ClN2O3. The maximum Gasteiger partial charge on any atom is 0.407 e. The molecule has 21 heavy (non-hydrogen) atoms. The Kier molecular flexibility index (Phi) is 4.85. The number of rotatable bonds is 5. The van der Waals surface area contributed by atoms with Crippen LogP contribution in [0, 0.1) is 0 Å². The van der Waals surface area contributed by atoms with Crippen LogP contribution in [0.15, 0.2) is 18.2 Å². The highest BCUT2D eigenvalue weighted by atomic mass is 35.5. The van der Waals surface area contributed by atoms with Crippen molar-refractivity contribution in [2.24, 2.45) is 7.05 Å². The van der Waals surface area contributed by atoms with Crippen LogP contribution in [-0.2, 0) is 18.2 Å². The van der Waals surface area contributed by atoms with Crippen molar-refractivity contribution in [1.82, 2.24) is 9.88 Å². The van der Waals surface area contributed by atoms with E-state index in [9.17, 15) is 9.59 Å². The van der Waals surface area contributed by atoms with Gasteiger partial charge in [0.2, 0.25) is 0 Å². The summed E-state index contributed by atoms with van der Waals surface area (Å²) in [4.78, 5) is 22.1. The van der Waals surface area contributed by atoms with Crippen LogP contribution in [0.4, 0.5) is 4.79 Å². The van der Waals surface area contributed by atoms with Crippen LogP contribution >= 0.6 is 11.6 Å². The van der Waals surface area contributed by atoms with Crippen LogP contribution in [-0.4, -0.2) is 30.1 Å². The monoisotopic (exact) mass is 308 g/mol. The number of benzene rings is 1. The van der Waals surface area contributed by atoms with Crippen molar-refractivity contribution < 1.29 is 14.3 Å². The molecule has 0 saturated heterocycles. The topological polar surface area (TPSA) is 60.3 Å². The third kappa shape index (κ3) is 3.36. The van der Waals surface area contributed by atoms with E-state index in [1.165, 1.54) is 0 Å². The van der Waals surface area contributed by atoms with Gasteiger partial charge in [-0.05, 0) is 25.1 Å². The van der Waals surface area contributed by atoms with Gasteiger partial charge in [0.15, 0.2) is 6.29 Å². The van der Waals surface area contributed by atoms with Crippen molar-refractivity contribution in [3.63, 3.8) is 0 Å². The van der Waals surface area contributed by atoms with Gasteiger partial charge in [-0.25, -0.2) is 4.79 Å². The smallest absolute Gasteiger partial charge is 0.407 e. The number of carbonyl (C=O) groups excluding carboxylic acids is 2. The number of ether oxygens (including phenoxy) is 1. The highest BCUT2D eigenvalue weighted by Crippen LogP contribution is 2.25. The number of fused-ring (bicyclic) bond motifs is 1. The second-order valence-corrected chi connectivity index (χ2v) is 5.07. The Hall–Kier alpha value is -2.01. The molecule has 0 aliphatic carbocycles. The molecule has 0 bridgehead atoms. The van der Waals surface area contributed by atoms with E-state index in [-0.39, 0.29) is 0 Å². The number of carbonyl (C=O) groups is 2. The summed E-state index contributed by atoms with van der Waals surface area (Å²) in [7, 11) is 1.92. The number of aromatic nitrogens is 1. The average Bonchev–Trinajstić information content (AvgIpc) is 2.75. The molecule has 0 unspecified atom stereocenters. The lowest BCUT2D eigenvalue weighted by molar-refractivity contribution is 0.112. The zero-order valence-corrected chi connectivity index (χ0v) is 12.7. The number of halogens is 1. The number of nitrogens with zero attached hydrogens (tertiary/aromatic N) is 1. The standard InChI is InChI=1S/C15H17ClN2O3/c1-3-17-15(20)21-5-4-12-7-10-6-11(9-19)13(16)8-14(10)18(12)2/h6-9H,3-5H2,1-2H3,(H,17,20). The van der Waals surface area contributed by atoms with Gasteiger partial charge in [0, 0.05) is 42.2 Å². The normalized spacial score (nSPS) is 10.6. The van der Waals surface area contributed by atoms with Crippen molar-refractivity contribution in [2.45, 2.75) is 13.3 Å². The summed E-state index contributed by atoms with van der Waals surface area (Å²) in [5.41, 5.74) is 2.42. The van der Waals surface area contributed by atoms with Gasteiger partial charge in [-0.1, -0.05) is 11.6 Å². The average molecular weight is 309 g/mol. The third-order valence-corrected chi connectivity index (χ3v) is 3.63. The summed E-state index contributed by atoms with van der Waals surface area (Å²) in [5.74, 6) is 0. The number of hydrogen-bond acceptors (Lipinski definition) is 3. The first-order chi connectivity index (χ1) is 10.1. The molecule has 5 nitrogen and oxygen atoms in total. The van der Waals surface area contributed by atoms with Crippen molar-refractivity contribution in [2.75, 3.05) is 13.2 Å². The summed E-state index contributed by atoms with van der Waals surface area (Å²) >= 11 is 6.04. The molecule has 2 aromatic rings. The highest BCUT2D eigenvalue weighted by Gasteiger charge is 2.10. The molecular weight excluding hydrogens is 292 g/mol. The number of nitrogens with one attached hydrogen (secondary N) is 1. The molecule has 112 valence electrons. The molecule has 0 aliphatic heterocycles. The maximum absolute atomic E-state index is 11.2. The number of aryl methyl sites for hydroxylation is 1. The SMILES string of the molecule is CCNC(=O)OCCc1cc2cc(C=O)c(Cl)cc2n1C. The number of alkyl carbamates (subject to hydrolysis) is 1. The molecule has 0 fully saturated rings. The van der Waals surface area contributed by atoms with Crippen LogP contribution < -0.4 is 5.32 Å². The van der Waals surface area contributed by atoms with Crippen LogP contribution in [0.1, 0.15) is 23.0 Å². The molecule has 1 heterocycles. The van der Waals surface area contributed by atoms with E-state index in [4.69, 9.17) is 16.3 Å². The van der Waals surface area contributed by atoms with E-state index in [2.05, 4.69) is 5.32 Å². The molecule has 1 aromatic carbocycles. The largest absolute Gasteiger partial charge is 0.449 e. The fourth-order valence-corrected chi connectivity index (χ4v) is 2.41. The summed E-state index contributed by atoms with van der Waals surface area (Å²) < 4.78 is 7.04. The van der Waals surface area contributed by atoms with Crippen LogP contribution in [0.25, 0.3) is 10.9 Å². The van der Waals surface area contributed by atoms with Gasteiger partial charge >= 0.3 is 6.09 Å². The second-order valence-electron chi connectivity index (χ2n) is 4.66. The maximum atomic E-state index is 11.2. The molecule has 0 saturated carbocycles. The van der Waals surface area contributed by atoms with Crippen LogP contribution in [0.5, 0.6) is 0 Å². The fourth-order valence-electron chi connectivity index (χ4n) is 2.21. The van der Waals surface area contributed by atoms with Gasteiger partial charge in [0.25, 0.3) is 0 Å². The summed E-state index contributed by atoms with van der Waals surface area (Å²) in [6, 6.07) is 5.51. The van der Waals surface area contributed by atoms with E-state index in [1.54, 1.807) is 12.1 Å². The van der Waals surface area contributed by atoms with Gasteiger partial charge in [0.1, 0.15) is 0 Å². The number of hydrogen-bond donors (Lipinski definition) is 1. The van der Waals surface area contributed by atoms with Gasteiger partial charge in [-0.3, -0.25) is 4.79 Å². The van der Waals surface area contributed by atoms with Crippen LogP contribution in [0.3, 0.4) is 0 Å². The van der Waals surface area contributed by atoms with Gasteiger partial charge in [0.05, 0.1) is 11.6 Å². The first-order valence-corrected chi connectivity index (χ1v) is 7.08. The Balaban J connectivity index is 2.16. The molecule has 0 atom stereocenters. The second kappa shape index (κ2) is 6.63.